The minimum absolute atomic E-state index is 0.303. The van der Waals surface area contributed by atoms with Crippen LogP contribution in [0.1, 0.15) is 11.3 Å². The van der Waals surface area contributed by atoms with E-state index in [1.807, 2.05) is 12.3 Å². The number of hydrogen-bond acceptors (Lipinski definition) is 7. The van der Waals surface area contributed by atoms with Crippen LogP contribution in [0, 0.1) is 5.82 Å². The summed E-state index contributed by atoms with van der Waals surface area (Å²) in [6.07, 6.45) is 5.37. The van der Waals surface area contributed by atoms with E-state index < -0.39 is 0 Å². The molecule has 0 radical (unpaired) electrons. The zero-order valence-electron chi connectivity index (χ0n) is 19.5. The Labute approximate surface area is 206 Å². The first-order valence-corrected chi connectivity index (χ1v) is 13.1. The summed E-state index contributed by atoms with van der Waals surface area (Å²) in [5, 5.41) is 0.801. The maximum absolute atomic E-state index is 15.1. The highest BCUT2D eigenvalue weighted by atomic mass is 32.1. The Morgan fingerprint density at radius 3 is 2.86 bits per heavy atom. The molecule has 35 heavy (non-hydrogen) atoms. The number of aromatic amines is 1. The third kappa shape index (κ3) is 3.78. The molecule has 1 aromatic carbocycles. The van der Waals surface area contributed by atoms with Crippen LogP contribution in [0.3, 0.4) is 0 Å². The van der Waals surface area contributed by atoms with Crippen molar-refractivity contribution in [3.05, 3.63) is 52.9 Å². The first kappa shape index (κ1) is 21.3. The number of rotatable bonds is 4. The van der Waals surface area contributed by atoms with Crippen LogP contribution in [0.4, 0.5) is 10.2 Å². The van der Waals surface area contributed by atoms with Gasteiger partial charge in [-0.15, -0.1) is 11.3 Å². The van der Waals surface area contributed by atoms with Crippen LogP contribution in [-0.4, -0.2) is 77.2 Å². The minimum Gasteiger partial charge on any atom is -0.378 e. The second kappa shape index (κ2) is 8.58. The van der Waals surface area contributed by atoms with E-state index >= 15 is 4.39 Å². The number of nitrogens with zero attached hydrogens (tertiary/aromatic N) is 5. The summed E-state index contributed by atoms with van der Waals surface area (Å²) in [6, 6.07) is 7.33. The number of H-pyrrole nitrogens is 1. The molecule has 4 aromatic rings. The molecule has 3 aliphatic heterocycles. The predicted molar refractivity (Wildman–Crippen MR) is 137 cm³/mol. The van der Waals surface area contributed by atoms with E-state index in [2.05, 4.69) is 31.8 Å². The van der Waals surface area contributed by atoms with Crippen molar-refractivity contribution in [1.82, 2.24) is 24.8 Å². The molecule has 0 amide bonds. The fourth-order valence-corrected chi connectivity index (χ4v) is 6.64. The fourth-order valence-electron chi connectivity index (χ4n) is 5.48. The summed E-state index contributed by atoms with van der Waals surface area (Å²) in [5.41, 5.74) is 3.69. The Morgan fingerprint density at radius 1 is 1.03 bits per heavy atom. The first-order chi connectivity index (χ1) is 17.2. The Bertz CT molecular complexity index is 1440. The van der Waals surface area contributed by atoms with E-state index in [0.29, 0.717) is 24.6 Å². The van der Waals surface area contributed by atoms with Gasteiger partial charge in [0.2, 0.25) is 0 Å². The SMILES string of the molecule is Fc1ccc2[nH]ccc2c1-c1nc(N2CCOCC2)c2sc(CN3CCN4CCC=C4C3)cc2n1. The lowest BCUT2D eigenvalue weighted by atomic mass is 10.1. The van der Waals surface area contributed by atoms with Gasteiger partial charge in [0.25, 0.3) is 0 Å². The zero-order chi connectivity index (χ0) is 23.4. The molecule has 0 aliphatic carbocycles. The molecule has 6 heterocycles. The monoisotopic (exact) mass is 490 g/mol. The van der Waals surface area contributed by atoms with Crippen LogP contribution in [0.5, 0.6) is 0 Å². The highest BCUT2D eigenvalue weighted by molar-refractivity contribution is 7.19. The van der Waals surface area contributed by atoms with Crippen molar-refractivity contribution in [1.29, 1.82) is 0 Å². The van der Waals surface area contributed by atoms with Gasteiger partial charge in [0.1, 0.15) is 5.82 Å². The molecule has 0 bridgehead atoms. The standard InChI is InChI=1S/C26H27FN6OS/c27-20-3-4-21-19(5-6-28-21)23(20)25-29-22-14-18(16-31-8-9-32-7-1-2-17(32)15-31)35-24(22)26(30-25)33-10-12-34-13-11-33/h2-6,14,28H,1,7-13,15-16H2. The van der Waals surface area contributed by atoms with Gasteiger partial charge in [0, 0.05) is 73.5 Å². The number of aromatic nitrogens is 3. The number of nitrogens with one attached hydrogen (secondary N) is 1. The molecular weight excluding hydrogens is 463 g/mol. The topological polar surface area (TPSA) is 60.5 Å². The highest BCUT2D eigenvalue weighted by Gasteiger charge is 2.26. The summed E-state index contributed by atoms with van der Waals surface area (Å²) in [4.78, 5) is 21.6. The summed E-state index contributed by atoms with van der Waals surface area (Å²) in [7, 11) is 0. The maximum atomic E-state index is 15.1. The molecule has 7 rings (SSSR count). The zero-order valence-corrected chi connectivity index (χ0v) is 20.3. The molecule has 0 saturated carbocycles. The summed E-state index contributed by atoms with van der Waals surface area (Å²) < 4.78 is 21.8. The molecule has 0 atom stereocenters. The number of anilines is 1. The first-order valence-electron chi connectivity index (χ1n) is 12.3. The number of thiophene rings is 1. The van der Waals surface area contributed by atoms with Gasteiger partial charge < -0.3 is 19.5 Å². The molecule has 7 nitrogen and oxygen atoms in total. The van der Waals surface area contributed by atoms with Crippen molar-refractivity contribution in [3.8, 4) is 11.4 Å². The van der Waals surface area contributed by atoms with Gasteiger partial charge in [-0.2, -0.15) is 0 Å². The number of fused-ring (bicyclic) bond motifs is 3. The lowest BCUT2D eigenvalue weighted by Crippen LogP contribution is -2.42. The quantitative estimate of drug-likeness (QED) is 0.462. The number of benzene rings is 1. The average Bonchev–Trinajstić information content (AvgIpc) is 3.63. The molecular formula is C26H27FN6OS. The number of piperazine rings is 1. The normalized spacial score (nSPS) is 19.1. The highest BCUT2D eigenvalue weighted by Crippen LogP contribution is 2.37. The fraction of sp³-hybridized carbons (Fsp3) is 0.385. The molecule has 1 N–H and O–H groups in total. The molecule has 0 unspecified atom stereocenters. The van der Waals surface area contributed by atoms with Crippen molar-refractivity contribution < 1.29 is 9.13 Å². The van der Waals surface area contributed by atoms with Crippen molar-refractivity contribution in [3.63, 3.8) is 0 Å². The van der Waals surface area contributed by atoms with E-state index in [1.54, 1.807) is 17.4 Å². The molecule has 2 saturated heterocycles. The Hall–Kier alpha value is -3.01. The van der Waals surface area contributed by atoms with Crippen molar-refractivity contribution in [2.24, 2.45) is 0 Å². The van der Waals surface area contributed by atoms with E-state index in [1.165, 1.54) is 16.6 Å². The number of hydrogen-bond donors (Lipinski definition) is 1. The molecule has 3 aliphatic rings. The Balaban J connectivity index is 1.31. The summed E-state index contributed by atoms with van der Waals surface area (Å²) in [5.74, 6) is 1.03. The number of halogens is 1. The second-order valence-electron chi connectivity index (χ2n) is 9.44. The second-order valence-corrected chi connectivity index (χ2v) is 10.6. The van der Waals surface area contributed by atoms with Gasteiger partial charge in [-0.25, -0.2) is 14.4 Å². The van der Waals surface area contributed by atoms with Gasteiger partial charge in [-0.3, -0.25) is 4.90 Å². The summed E-state index contributed by atoms with van der Waals surface area (Å²) in [6.45, 7) is 8.10. The van der Waals surface area contributed by atoms with E-state index in [4.69, 9.17) is 14.7 Å². The van der Waals surface area contributed by atoms with Gasteiger partial charge in [-0.05, 0) is 30.7 Å². The lowest BCUT2D eigenvalue weighted by Gasteiger charge is -2.35. The van der Waals surface area contributed by atoms with E-state index in [9.17, 15) is 0 Å². The van der Waals surface area contributed by atoms with Crippen LogP contribution in [0.2, 0.25) is 0 Å². The molecule has 0 spiro atoms. The summed E-state index contributed by atoms with van der Waals surface area (Å²) >= 11 is 1.77. The third-order valence-corrected chi connectivity index (χ3v) is 8.36. The molecule has 9 heteroatoms. The van der Waals surface area contributed by atoms with E-state index in [0.717, 1.165) is 79.2 Å². The third-order valence-electron chi connectivity index (χ3n) is 7.26. The number of morpholine rings is 1. The van der Waals surface area contributed by atoms with Gasteiger partial charge in [0.05, 0.1) is 29.0 Å². The van der Waals surface area contributed by atoms with Gasteiger partial charge >= 0.3 is 0 Å². The van der Waals surface area contributed by atoms with Crippen molar-refractivity contribution in [2.75, 3.05) is 57.4 Å². The molecule has 3 aromatic heterocycles. The Kier molecular flexibility index (Phi) is 5.22. The average molecular weight is 491 g/mol. The largest absolute Gasteiger partial charge is 0.378 e. The predicted octanol–water partition coefficient (Wildman–Crippen LogP) is 4.22. The van der Waals surface area contributed by atoms with Crippen molar-refractivity contribution >= 4 is 38.3 Å². The van der Waals surface area contributed by atoms with E-state index in [-0.39, 0.29) is 5.82 Å². The maximum Gasteiger partial charge on any atom is 0.165 e. The minimum atomic E-state index is -0.303. The van der Waals surface area contributed by atoms with Crippen LogP contribution in [0.15, 0.2) is 42.2 Å². The van der Waals surface area contributed by atoms with Gasteiger partial charge in [0.15, 0.2) is 11.6 Å². The molecule has 2 fully saturated rings. The van der Waals surface area contributed by atoms with Crippen LogP contribution < -0.4 is 4.90 Å². The van der Waals surface area contributed by atoms with Crippen LogP contribution in [0.25, 0.3) is 32.5 Å². The number of ether oxygens (including phenoxy) is 1. The smallest absolute Gasteiger partial charge is 0.165 e. The van der Waals surface area contributed by atoms with Crippen LogP contribution >= 0.6 is 11.3 Å². The van der Waals surface area contributed by atoms with Crippen LogP contribution in [-0.2, 0) is 11.3 Å². The van der Waals surface area contributed by atoms with Crippen molar-refractivity contribution in [2.45, 2.75) is 13.0 Å². The van der Waals surface area contributed by atoms with Gasteiger partial charge in [-0.1, -0.05) is 6.08 Å². The Morgan fingerprint density at radius 2 is 1.94 bits per heavy atom. The molecule has 180 valence electrons. The lowest BCUT2D eigenvalue weighted by molar-refractivity contribution is 0.122.